The van der Waals surface area contributed by atoms with Crippen LogP contribution in [-0.4, -0.2) is 39.4 Å². The highest BCUT2D eigenvalue weighted by Gasteiger charge is 2.16. The molecule has 0 amide bonds. The van der Waals surface area contributed by atoms with E-state index >= 15 is 0 Å². The van der Waals surface area contributed by atoms with Gasteiger partial charge < -0.3 is 14.6 Å². The Balaban J connectivity index is 2.63. The Morgan fingerprint density at radius 3 is 2.47 bits per heavy atom. The molecule has 0 saturated carbocycles. The molecule has 6 nitrogen and oxygen atoms in total. The molecule has 0 saturated heterocycles. The summed E-state index contributed by atoms with van der Waals surface area (Å²) < 4.78 is 12.4. The summed E-state index contributed by atoms with van der Waals surface area (Å²) >= 11 is 0. The molecule has 98 valence electrons. The van der Waals surface area contributed by atoms with Crippen molar-refractivity contribution in [3.8, 4) is 0 Å². The molecule has 0 bridgehead atoms. The largest absolute Gasteiger partial charge is 0.391 e. The molecule has 0 aliphatic carbocycles. The first kappa shape index (κ1) is 14.1. The van der Waals surface area contributed by atoms with Crippen molar-refractivity contribution in [3.05, 3.63) is 11.9 Å². The van der Waals surface area contributed by atoms with E-state index in [2.05, 4.69) is 10.3 Å². The summed E-state index contributed by atoms with van der Waals surface area (Å²) in [7, 11) is 0. The molecule has 1 atom stereocenters. The van der Waals surface area contributed by atoms with Gasteiger partial charge in [-0.25, -0.2) is 4.68 Å². The van der Waals surface area contributed by atoms with Gasteiger partial charge in [0.1, 0.15) is 5.69 Å². The van der Waals surface area contributed by atoms with Crippen molar-refractivity contribution in [2.24, 2.45) is 0 Å². The molecule has 0 aliphatic heterocycles. The average Bonchev–Trinajstić information content (AvgIpc) is 2.77. The molecule has 1 aromatic rings. The standard InChI is InChI=1S/C11H21N3O3/c1-4-9(15)7-14-8-10(12-13-14)11(16-5-2)17-6-3/h8-9,11,15H,4-7H2,1-3H3. The monoisotopic (exact) mass is 243 g/mol. The predicted octanol–water partition coefficient (Wildman–Crippen LogP) is 1.12. The zero-order valence-electron chi connectivity index (χ0n) is 10.7. The molecule has 0 aliphatic rings. The van der Waals surface area contributed by atoms with Crippen LogP contribution in [0.15, 0.2) is 6.20 Å². The summed E-state index contributed by atoms with van der Waals surface area (Å²) in [5.74, 6) is 0. The second-order valence-electron chi connectivity index (χ2n) is 3.67. The zero-order chi connectivity index (χ0) is 12.7. The summed E-state index contributed by atoms with van der Waals surface area (Å²) in [5.41, 5.74) is 0.636. The lowest BCUT2D eigenvalue weighted by Gasteiger charge is -2.13. The van der Waals surface area contributed by atoms with E-state index in [4.69, 9.17) is 9.47 Å². The molecule has 0 aromatic carbocycles. The van der Waals surface area contributed by atoms with Crippen molar-refractivity contribution >= 4 is 0 Å². The number of aromatic nitrogens is 3. The van der Waals surface area contributed by atoms with Crippen molar-refractivity contribution in [1.82, 2.24) is 15.0 Å². The van der Waals surface area contributed by atoms with Crippen LogP contribution in [-0.2, 0) is 16.0 Å². The van der Waals surface area contributed by atoms with Crippen LogP contribution in [0.3, 0.4) is 0 Å². The van der Waals surface area contributed by atoms with E-state index in [0.29, 0.717) is 31.9 Å². The van der Waals surface area contributed by atoms with Crippen molar-refractivity contribution in [3.63, 3.8) is 0 Å². The van der Waals surface area contributed by atoms with E-state index in [1.807, 2.05) is 20.8 Å². The Kier molecular flexibility index (Phi) is 6.10. The van der Waals surface area contributed by atoms with E-state index in [1.54, 1.807) is 10.9 Å². The average molecular weight is 243 g/mol. The number of aliphatic hydroxyl groups is 1. The lowest BCUT2D eigenvalue weighted by atomic mass is 10.3. The van der Waals surface area contributed by atoms with Gasteiger partial charge in [-0.1, -0.05) is 12.1 Å². The first-order chi connectivity index (χ1) is 8.21. The third kappa shape index (κ3) is 4.41. The smallest absolute Gasteiger partial charge is 0.204 e. The van der Waals surface area contributed by atoms with Gasteiger partial charge in [0.25, 0.3) is 0 Å². The SMILES string of the molecule is CCOC(OCC)c1cn(CC(O)CC)nn1. The number of ether oxygens (including phenoxy) is 2. The molecular formula is C11H21N3O3. The summed E-state index contributed by atoms with van der Waals surface area (Å²) in [6.45, 7) is 7.26. The zero-order valence-corrected chi connectivity index (χ0v) is 10.7. The topological polar surface area (TPSA) is 69.4 Å². The second kappa shape index (κ2) is 7.37. The highest BCUT2D eigenvalue weighted by atomic mass is 16.7. The highest BCUT2D eigenvalue weighted by molar-refractivity contribution is 4.94. The van der Waals surface area contributed by atoms with Gasteiger partial charge >= 0.3 is 0 Å². The number of nitrogens with zero attached hydrogens (tertiary/aromatic N) is 3. The maximum atomic E-state index is 9.51. The van der Waals surface area contributed by atoms with Crippen molar-refractivity contribution in [2.75, 3.05) is 13.2 Å². The molecule has 1 N–H and O–H groups in total. The molecule has 1 rings (SSSR count). The maximum absolute atomic E-state index is 9.51. The Morgan fingerprint density at radius 1 is 1.29 bits per heavy atom. The van der Waals surface area contributed by atoms with Crippen LogP contribution < -0.4 is 0 Å². The van der Waals surface area contributed by atoms with Gasteiger partial charge in [-0.05, 0) is 20.3 Å². The molecule has 0 radical (unpaired) electrons. The predicted molar refractivity (Wildman–Crippen MR) is 62.3 cm³/mol. The van der Waals surface area contributed by atoms with Gasteiger partial charge in [-0.15, -0.1) is 5.10 Å². The maximum Gasteiger partial charge on any atom is 0.204 e. The number of hydrogen-bond donors (Lipinski definition) is 1. The number of aliphatic hydroxyl groups excluding tert-OH is 1. The molecule has 0 spiro atoms. The van der Waals surface area contributed by atoms with Gasteiger partial charge in [0.2, 0.25) is 6.29 Å². The summed E-state index contributed by atoms with van der Waals surface area (Å²) in [4.78, 5) is 0. The number of rotatable bonds is 8. The minimum Gasteiger partial charge on any atom is -0.391 e. The van der Waals surface area contributed by atoms with Crippen LogP contribution in [0.2, 0.25) is 0 Å². The molecule has 17 heavy (non-hydrogen) atoms. The van der Waals surface area contributed by atoms with Crippen LogP contribution in [0.5, 0.6) is 0 Å². The van der Waals surface area contributed by atoms with Gasteiger partial charge in [-0.3, -0.25) is 0 Å². The van der Waals surface area contributed by atoms with E-state index in [0.717, 1.165) is 0 Å². The van der Waals surface area contributed by atoms with Gasteiger partial charge in [0.15, 0.2) is 0 Å². The fourth-order valence-electron chi connectivity index (χ4n) is 1.38. The summed E-state index contributed by atoms with van der Waals surface area (Å²) in [6, 6.07) is 0. The highest BCUT2D eigenvalue weighted by Crippen LogP contribution is 2.15. The van der Waals surface area contributed by atoms with Crippen LogP contribution in [0.1, 0.15) is 39.2 Å². The van der Waals surface area contributed by atoms with Crippen LogP contribution in [0, 0.1) is 0 Å². The fourth-order valence-corrected chi connectivity index (χ4v) is 1.38. The molecule has 1 heterocycles. The first-order valence-corrected chi connectivity index (χ1v) is 6.02. The van der Waals surface area contributed by atoms with Gasteiger partial charge in [0, 0.05) is 13.2 Å². The molecule has 1 aromatic heterocycles. The van der Waals surface area contributed by atoms with Crippen LogP contribution in [0.25, 0.3) is 0 Å². The molecule has 6 heteroatoms. The van der Waals surface area contributed by atoms with E-state index in [1.165, 1.54) is 0 Å². The lowest BCUT2D eigenvalue weighted by Crippen LogP contribution is -2.15. The van der Waals surface area contributed by atoms with E-state index < -0.39 is 12.4 Å². The minimum atomic E-state index is -0.475. The Morgan fingerprint density at radius 2 is 1.94 bits per heavy atom. The van der Waals surface area contributed by atoms with Crippen molar-refractivity contribution in [1.29, 1.82) is 0 Å². The van der Waals surface area contributed by atoms with Gasteiger partial charge in [0.05, 0.1) is 18.8 Å². The fraction of sp³-hybridized carbons (Fsp3) is 0.818. The third-order valence-corrected chi connectivity index (χ3v) is 2.30. The van der Waals surface area contributed by atoms with E-state index in [-0.39, 0.29) is 0 Å². The van der Waals surface area contributed by atoms with Crippen molar-refractivity contribution < 1.29 is 14.6 Å². The van der Waals surface area contributed by atoms with Crippen LogP contribution in [0.4, 0.5) is 0 Å². The Bertz CT molecular complexity index is 311. The van der Waals surface area contributed by atoms with Gasteiger partial charge in [-0.2, -0.15) is 0 Å². The number of hydrogen-bond acceptors (Lipinski definition) is 5. The lowest BCUT2D eigenvalue weighted by molar-refractivity contribution is -0.142. The van der Waals surface area contributed by atoms with E-state index in [9.17, 15) is 5.11 Å². The summed E-state index contributed by atoms with van der Waals surface area (Å²) in [6.07, 6.45) is 1.56. The Labute approximate surface area is 102 Å². The molecule has 0 fully saturated rings. The molecule has 1 unspecified atom stereocenters. The first-order valence-electron chi connectivity index (χ1n) is 6.02. The van der Waals surface area contributed by atoms with Crippen molar-refractivity contribution in [2.45, 2.75) is 46.1 Å². The van der Waals surface area contributed by atoms with Crippen LogP contribution >= 0.6 is 0 Å². The third-order valence-electron chi connectivity index (χ3n) is 2.30. The normalized spacial score (nSPS) is 13.2. The molecular weight excluding hydrogens is 222 g/mol. The minimum absolute atomic E-state index is 0.401. The summed E-state index contributed by atoms with van der Waals surface area (Å²) in [5, 5.41) is 17.4. The Hall–Kier alpha value is -0.980. The quantitative estimate of drug-likeness (QED) is 0.693. The second-order valence-corrected chi connectivity index (χ2v) is 3.67.